The summed E-state index contributed by atoms with van der Waals surface area (Å²) in [5.41, 5.74) is 5.03. The van der Waals surface area contributed by atoms with Crippen LogP contribution in [0, 0.1) is 6.92 Å². The Bertz CT molecular complexity index is 894. The fourth-order valence-electron chi connectivity index (χ4n) is 2.43. The van der Waals surface area contributed by atoms with Gasteiger partial charge in [0.05, 0.1) is 6.21 Å². The number of benzene rings is 2. The minimum absolute atomic E-state index is 0.163. The number of hydrazone groups is 1. The number of amides is 1. The number of nitrogens with zero attached hydrogens (tertiary/aromatic N) is 1. The molecular weight excluding hydrogens is 424 g/mol. The summed E-state index contributed by atoms with van der Waals surface area (Å²) in [4.78, 5) is 23.2. The second kappa shape index (κ2) is 10.0. The zero-order valence-electron chi connectivity index (χ0n) is 16.3. The van der Waals surface area contributed by atoms with Crippen molar-refractivity contribution in [2.75, 3.05) is 6.61 Å². The van der Waals surface area contributed by atoms with Crippen LogP contribution >= 0.6 is 15.9 Å². The summed E-state index contributed by atoms with van der Waals surface area (Å²) in [6, 6.07) is 10.8. The lowest BCUT2D eigenvalue weighted by molar-refractivity contribution is -0.132. The van der Waals surface area contributed by atoms with Crippen molar-refractivity contribution in [1.29, 1.82) is 0 Å². The van der Waals surface area contributed by atoms with Crippen molar-refractivity contribution in [3.63, 3.8) is 0 Å². The Hall–Kier alpha value is -2.67. The maximum atomic E-state index is 12.1. The van der Waals surface area contributed by atoms with Gasteiger partial charge in [0, 0.05) is 17.0 Å². The normalized spacial score (nSPS) is 10.9. The molecule has 28 heavy (non-hydrogen) atoms. The average Bonchev–Trinajstić information content (AvgIpc) is 2.63. The van der Waals surface area contributed by atoms with E-state index < -0.39 is 11.9 Å². The van der Waals surface area contributed by atoms with E-state index in [1.165, 1.54) is 13.1 Å². The monoisotopic (exact) mass is 446 g/mol. The predicted octanol–water partition coefficient (Wildman–Crippen LogP) is 4.34. The summed E-state index contributed by atoms with van der Waals surface area (Å²) >= 11 is 3.52. The van der Waals surface area contributed by atoms with Gasteiger partial charge in [0.2, 0.25) is 0 Å². The van der Waals surface area contributed by atoms with Gasteiger partial charge in [-0.15, -0.1) is 0 Å². The van der Waals surface area contributed by atoms with Gasteiger partial charge >= 0.3 is 5.97 Å². The van der Waals surface area contributed by atoms with Gasteiger partial charge in [-0.2, -0.15) is 5.10 Å². The van der Waals surface area contributed by atoms with Crippen LogP contribution in [0.5, 0.6) is 11.5 Å². The second-order valence-corrected chi connectivity index (χ2v) is 7.36. The molecule has 0 radical (unpaired) electrons. The number of hydrogen-bond acceptors (Lipinski definition) is 5. The van der Waals surface area contributed by atoms with Crippen LogP contribution in [-0.4, -0.2) is 24.7 Å². The molecule has 0 saturated heterocycles. The molecule has 2 aromatic rings. The zero-order valence-corrected chi connectivity index (χ0v) is 17.9. The van der Waals surface area contributed by atoms with Crippen LogP contribution in [0.2, 0.25) is 0 Å². The first kappa shape index (κ1) is 21.6. The van der Waals surface area contributed by atoms with E-state index in [0.29, 0.717) is 17.1 Å². The lowest BCUT2D eigenvalue weighted by Gasteiger charge is -2.15. The third-order valence-electron chi connectivity index (χ3n) is 3.84. The number of hydrogen-bond donors (Lipinski definition) is 1. The highest BCUT2D eigenvalue weighted by Gasteiger charge is 2.12. The molecule has 0 bridgehead atoms. The lowest BCUT2D eigenvalue weighted by Crippen LogP contribution is -2.25. The van der Waals surface area contributed by atoms with Gasteiger partial charge in [-0.1, -0.05) is 41.9 Å². The standard InChI is InChI=1S/C21H23BrN2O4/c1-13(2)17-10-18(22)14(3)9-20(17)27-12-21(26)24-23-11-16-7-5-6-8-19(16)28-15(4)25/h5-11,13H,12H2,1-4H3,(H,24,26)/b23-11+. The summed E-state index contributed by atoms with van der Waals surface area (Å²) in [5.74, 6) is 0.484. The second-order valence-electron chi connectivity index (χ2n) is 6.51. The third kappa shape index (κ3) is 6.20. The Labute approximate surface area is 173 Å². The van der Waals surface area contributed by atoms with Gasteiger partial charge in [-0.05, 0) is 48.2 Å². The number of carbonyl (C=O) groups is 2. The molecule has 1 N–H and O–H groups in total. The molecule has 0 aliphatic rings. The van der Waals surface area contributed by atoms with Gasteiger partial charge in [0.1, 0.15) is 11.5 Å². The van der Waals surface area contributed by atoms with Crippen LogP contribution in [-0.2, 0) is 9.59 Å². The predicted molar refractivity (Wildman–Crippen MR) is 112 cm³/mol. The number of rotatable bonds is 7. The zero-order chi connectivity index (χ0) is 20.7. The molecule has 0 aliphatic carbocycles. The molecule has 6 nitrogen and oxygen atoms in total. The molecule has 2 aromatic carbocycles. The van der Waals surface area contributed by atoms with Crippen molar-refractivity contribution in [3.05, 3.63) is 57.6 Å². The third-order valence-corrected chi connectivity index (χ3v) is 4.69. The molecule has 148 valence electrons. The van der Waals surface area contributed by atoms with E-state index in [2.05, 4.69) is 40.3 Å². The molecule has 1 amide bonds. The largest absolute Gasteiger partial charge is 0.483 e. The Morgan fingerprint density at radius 1 is 1.21 bits per heavy atom. The van der Waals surface area contributed by atoms with Crippen LogP contribution in [0.4, 0.5) is 0 Å². The minimum atomic E-state index is -0.427. The smallest absolute Gasteiger partial charge is 0.308 e. The highest BCUT2D eigenvalue weighted by atomic mass is 79.9. The topological polar surface area (TPSA) is 77.0 Å². The van der Waals surface area contributed by atoms with E-state index in [0.717, 1.165) is 15.6 Å². The van der Waals surface area contributed by atoms with Crippen LogP contribution in [0.15, 0.2) is 46.0 Å². The van der Waals surface area contributed by atoms with Crippen molar-refractivity contribution < 1.29 is 19.1 Å². The summed E-state index contributed by atoms with van der Waals surface area (Å²) in [5, 5.41) is 3.91. The number of ether oxygens (including phenoxy) is 2. The number of carbonyl (C=O) groups excluding carboxylic acids is 2. The van der Waals surface area contributed by atoms with Crippen molar-refractivity contribution in [2.45, 2.75) is 33.6 Å². The average molecular weight is 447 g/mol. The molecule has 0 fully saturated rings. The molecule has 2 rings (SSSR count). The van der Waals surface area contributed by atoms with Crippen LogP contribution in [0.1, 0.15) is 43.4 Å². The van der Waals surface area contributed by atoms with Crippen molar-refractivity contribution in [2.24, 2.45) is 5.10 Å². The molecule has 7 heteroatoms. The van der Waals surface area contributed by atoms with E-state index in [-0.39, 0.29) is 12.5 Å². The van der Waals surface area contributed by atoms with E-state index in [1.807, 2.05) is 19.1 Å². The number of esters is 1. The van der Waals surface area contributed by atoms with E-state index in [1.54, 1.807) is 24.3 Å². The lowest BCUT2D eigenvalue weighted by atomic mass is 10.0. The number of halogens is 1. The fraction of sp³-hybridized carbons (Fsp3) is 0.286. The molecule has 0 atom stereocenters. The van der Waals surface area contributed by atoms with Gasteiger partial charge in [-0.25, -0.2) is 5.43 Å². The minimum Gasteiger partial charge on any atom is -0.483 e. The van der Waals surface area contributed by atoms with Gasteiger partial charge in [-0.3, -0.25) is 9.59 Å². The Morgan fingerprint density at radius 2 is 1.93 bits per heavy atom. The van der Waals surface area contributed by atoms with Gasteiger partial charge < -0.3 is 9.47 Å². The van der Waals surface area contributed by atoms with E-state index in [9.17, 15) is 9.59 Å². The highest BCUT2D eigenvalue weighted by molar-refractivity contribution is 9.10. The Morgan fingerprint density at radius 3 is 2.61 bits per heavy atom. The number of para-hydroxylation sites is 1. The summed E-state index contributed by atoms with van der Waals surface area (Å²) < 4.78 is 11.8. The van der Waals surface area contributed by atoms with Crippen molar-refractivity contribution in [3.8, 4) is 11.5 Å². The number of nitrogens with one attached hydrogen (secondary N) is 1. The van der Waals surface area contributed by atoms with Crippen LogP contribution in [0.25, 0.3) is 0 Å². The molecular formula is C21H23BrN2O4. The van der Waals surface area contributed by atoms with Crippen molar-refractivity contribution >= 4 is 34.0 Å². The first-order valence-corrected chi connectivity index (χ1v) is 9.59. The maximum Gasteiger partial charge on any atom is 0.308 e. The SMILES string of the molecule is CC(=O)Oc1ccccc1/C=N/NC(=O)COc1cc(C)c(Br)cc1C(C)C. The van der Waals surface area contributed by atoms with Crippen LogP contribution in [0.3, 0.4) is 0 Å². The highest BCUT2D eigenvalue weighted by Crippen LogP contribution is 2.32. The molecule has 0 heterocycles. The number of aryl methyl sites for hydroxylation is 1. The van der Waals surface area contributed by atoms with Gasteiger partial charge in [0.15, 0.2) is 6.61 Å². The summed E-state index contributed by atoms with van der Waals surface area (Å²) in [6.07, 6.45) is 1.42. The summed E-state index contributed by atoms with van der Waals surface area (Å²) in [7, 11) is 0. The molecule has 0 spiro atoms. The molecule has 0 unspecified atom stereocenters. The first-order chi connectivity index (χ1) is 13.3. The Kier molecular flexibility index (Phi) is 7.75. The van der Waals surface area contributed by atoms with E-state index >= 15 is 0 Å². The first-order valence-electron chi connectivity index (χ1n) is 8.80. The molecule has 0 aromatic heterocycles. The van der Waals surface area contributed by atoms with Gasteiger partial charge in [0.25, 0.3) is 5.91 Å². The van der Waals surface area contributed by atoms with Crippen molar-refractivity contribution in [1.82, 2.24) is 5.43 Å². The maximum absolute atomic E-state index is 12.1. The Balaban J connectivity index is 1.98. The molecule has 0 aliphatic heterocycles. The van der Waals surface area contributed by atoms with E-state index in [4.69, 9.17) is 9.47 Å². The quantitative estimate of drug-likeness (QED) is 0.297. The fourth-order valence-corrected chi connectivity index (χ4v) is 2.79. The molecule has 0 saturated carbocycles. The van der Waals surface area contributed by atoms with Crippen LogP contribution < -0.4 is 14.9 Å². The summed E-state index contributed by atoms with van der Waals surface area (Å²) in [6.45, 7) is 7.25.